The average molecular weight is 213 g/mol. The fraction of sp³-hybridized carbons (Fsp3) is 1.00. The van der Waals surface area contributed by atoms with E-state index in [4.69, 9.17) is 4.74 Å². The predicted octanol–water partition coefficient (Wildman–Crippen LogP) is 3.11. The molecule has 0 aliphatic heterocycles. The fourth-order valence-electron chi connectivity index (χ4n) is 2.63. The van der Waals surface area contributed by atoms with E-state index in [2.05, 4.69) is 19.2 Å². The number of hydrogen-bond acceptors (Lipinski definition) is 2. The Hall–Kier alpha value is -0.0800. The predicted molar refractivity (Wildman–Crippen MR) is 65.2 cm³/mol. The average Bonchev–Trinajstić information content (AvgIpc) is 2.43. The zero-order valence-corrected chi connectivity index (χ0v) is 10.6. The molecular formula is C13H27NO. The lowest BCUT2D eigenvalue weighted by atomic mass is 10.0. The molecule has 1 saturated carbocycles. The minimum absolute atomic E-state index is 0.437. The van der Waals surface area contributed by atoms with Crippen LogP contribution in [0.2, 0.25) is 0 Å². The minimum atomic E-state index is 0.437. The van der Waals surface area contributed by atoms with E-state index in [0.717, 1.165) is 0 Å². The zero-order valence-electron chi connectivity index (χ0n) is 10.6. The van der Waals surface area contributed by atoms with Crippen LogP contribution in [0.4, 0.5) is 0 Å². The quantitative estimate of drug-likeness (QED) is 0.709. The largest absolute Gasteiger partial charge is 0.380 e. The molecule has 3 unspecified atom stereocenters. The third-order valence-electron chi connectivity index (χ3n) is 3.48. The molecule has 1 aliphatic rings. The van der Waals surface area contributed by atoms with Gasteiger partial charge < -0.3 is 10.1 Å². The maximum absolute atomic E-state index is 5.60. The number of rotatable bonds is 5. The summed E-state index contributed by atoms with van der Waals surface area (Å²) in [6.07, 6.45) is 9.55. The van der Waals surface area contributed by atoms with Crippen LogP contribution < -0.4 is 5.32 Å². The highest BCUT2D eigenvalue weighted by Crippen LogP contribution is 2.20. The molecule has 1 rings (SSSR count). The summed E-state index contributed by atoms with van der Waals surface area (Å²) in [5.74, 6) is 0. The zero-order chi connectivity index (χ0) is 11.1. The molecule has 1 N–H and O–H groups in total. The van der Waals surface area contributed by atoms with Crippen LogP contribution >= 0.6 is 0 Å². The van der Waals surface area contributed by atoms with E-state index in [1.165, 1.54) is 44.9 Å². The second-order valence-electron chi connectivity index (χ2n) is 4.88. The standard InChI is InChI=1S/C13H27NO/c1-4-8-11(2)14-12-9-6-5-7-10-13(12)15-3/h11-14H,4-10H2,1-3H3. The van der Waals surface area contributed by atoms with Gasteiger partial charge in [-0.1, -0.05) is 32.6 Å². The Morgan fingerprint density at radius 3 is 2.67 bits per heavy atom. The first-order valence-electron chi connectivity index (χ1n) is 6.56. The summed E-state index contributed by atoms with van der Waals surface area (Å²) < 4.78 is 5.60. The molecular weight excluding hydrogens is 186 g/mol. The monoisotopic (exact) mass is 213 g/mol. The van der Waals surface area contributed by atoms with Crippen molar-refractivity contribution in [2.24, 2.45) is 0 Å². The van der Waals surface area contributed by atoms with Crippen molar-refractivity contribution in [1.29, 1.82) is 0 Å². The first-order valence-corrected chi connectivity index (χ1v) is 6.56. The molecule has 0 radical (unpaired) electrons. The van der Waals surface area contributed by atoms with Crippen LogP contribution in [-0.2, 0) is 4.74 Å². The minimum Gasteiger partial charge on any atom is -0.380 e. The SMILES string of the molecule is CCCC(C)NC1CCCCCC1OC. The van der Waals surface area contributed by atoms with Crippen LogP contribution in [-0.4, -0.2) is 25.3 Å². The summed E-state index contributed by atoms with van der Waals surface area (Å²) in [7, 11) is 1.86. The van der Waals surface area contributed by atoms with Crippen molar-refractivity contribution in [3.63, 3.8) is 0 Å². The number of ether oxygens (including phenoxy) is 1. The maximum Gasteiger partial charge on any atom is 0.0724 e. The fourth-order valence-corrected chi connectivity index (χ4v) is 2.63. The van der Waals surface area contributed by atoms with Crippen molar-refractivity contribution in [1.82, 2.24) is 5.32 Å². The van der Waals surface area contributed by atoms with Gasteiger partial charge in [0.15, 0.2) is 0 Å². The first kappa shape index (κ1) is 13.0. The van der Waals surface area contributed by atoms with E-state index in [9.17, 15) is 0 Å². The van der Waals surface area contributed by atoms with E-state index in [1.807, 2.05) is 7.11 Å². The Balaban J connectivity index is 2.40. The van der Waals surface area contributed by atoms with Gasteiger partial charge in [0.05, 0.1) is 6.10 Å². The van der Waals surface area contributed by atoms with Gasteiger partial charge in [-0.25, -0.2) is 0 Å². The molecule has 3 atom stereocenters. The van der Waals surface area contributed by atoms with E-state index in [0.29, 0.717) is 18.2 Å². The molecule has 1 fully saturated rings. The van der Waals surface area contributed by atoms with Gasteiger partial charge in [0.25, 0.3) is 0 Å². The van der Waals surface area contributed by atoms with E-state index in [-0.39, 0.29) is 0 Å². The molecule has 0 aromatic rings. The Kier molecular flexibility index (Phi) is 6.26. The Bertz CT molecular complexity index is 161. The molecule has 0 amide bonds. The Morgan fingerprint density at radius 2 is 2.00 bits per heavy atom. The van der Waals surface area contributed by atoms with Crippen LogP contribution in [0.15, 0.2) is 0 Å². The lowest BCUT2D eigenvalue weighted by Gasteiger charge is -2.28. The first-order chi connectivity index (χ1) is 7.27. The topological polar surface area (TPSA) is 21.3 Å². The van der Waals surface area contributed by atoms with Crippen LogP contribution in [0.25, 0.3) is 0 Å². The highest BCUT2D eigenvalue weighted by Gasteiger charge is 2.24. The van der Waals surface area contributed by atoms with Crippen molar-refractivity contribution in [3.05, 3.63) is 0 Å². The number of nitrogens with one attached hydrogen (secondary N) is 1. The van der Waals surface area contributed by atoms with Crippen LogP contribution in [0.3, 0.4) is 0 Å². The van der Waals surface area contributed by atoms with Crippen molar-refractivity contribution >= 4 is 0 Å². The van der Waals surface area contributed by atoms with E-state index >= 15 is 0 Å². The molecule has 0 heterocycles. The van der Waals surface area contributed by atoms with Gasteiger partial charge in [0.1, 0.15) is 0 Å². The summed E-state index contributed by atoms with van der Waals surface area (Å²) in [6, 6.07) is 1.22. The van der Waals surface area contributed by atoms with E-state index in [1.54, 1.807) is 0 Å². The summed E-state index contributed by atoms with van der Waals surface area (Å²) in [4.78, 5) is 0. The molecule has 0 bridgehead atoms. The smallest absolute Gasteiger partial charge is 0.0724 e. The van der Waals surface area contributed by atoms with Crippen molar-refractivity contribution in [2.75, 3.05) is 7.11 Å². The Morgan fingerprint density at radius 1 is 1.27 bits per heavy atom. The normalized spacial score (nSPS) is 29.8. The highest BCUT2D eigenvalue weighted by molar-refractivity contribution is 4.82. The molecule has 2 nitrogen and oxygen atoms in total. The molecule has 0 saturated heterocycles. The number of hydrogen-bond donors (Lipinski definition) is 1. The van der Waals surface area contributed by atoms with Gasteiger partial charge in [-0.05, 0) is 26.2 Å². The van der Waals surface area contributed by atoms with Gasteiger partial charge in [-0.2, -0.15) is 0 Å². The van der Waals surface area contributed by atoms with Crippen molar-refractivity contribution < 1.29 is 4.74 Å². The summed E-state index contributed by atoms with van der Waals surface area (Å²) in [6.45, 7) is 4.54. The lowest BCUT2D eigenvalue weighted by Crippen LogP contribution is -2.44. The van der Waals surface area contributed by atoms with Crippen molar-refractivity contribution in [2.45, 2.75) is 77.0 Å². The molecule has 2 heteroatoms. The molecule has 0 aromatic heterocycles. The van der Waals surface area contributed by atoms with E-state index < -0.39 is 0 Å². The summed E-state index contributed by atoms with van der Waals surface area (Å²) >= 11 is 0. The van der Waals surface area contributed by atoms with Crippen molar-refractivity contribution in [3.8, 4) is 0 Å². The summed E-state index contributed by atoms with van der Waals surface area (Å²) in [5.41, 5.74) is 0. The highest BCUT2D eigenvalue weighted by atomic mass is 16.5. The second kappa shape index (κ2) is 7.24. The van der Waals surface area contributed by atoms with Gasteiger partial charge in [-0.3, -0.25) is 0 Å². The molecule has 15 heavy (non-hydrogen) atoms. The molecule has 90 valence electrons. The van der Waals surface area contributed by atoms with Crippen LogP contribution in [0.5, 0.6) is 0 Å². The molecule has 0 spiro atoms. The van der Waals surface area contributed by atoms with Gasteiger partial charge in [0, 0.05) is 19.2 Å². The third kappa shape index (κ3) is 4.52. The van der Waals surface area contributed by atoms with Gasteiger partial charge in [0.2, 0.25) is 0 Å². The van der Waals surface area contributed by atoms with Gasteiger partial charge >= 0.3 is 0 Å². The van der Waals surface area contributed by atoms with Crippen LogP contribution in [0.1, 0.15) is 58.8 Å². The van der Waals surface area contributed by atoms with Crippen LogP contribution in [0, 0.1) is 0 Å². The third-order valence-corrected chi connectivity index (χ3v) is 3.48. The molecule has 1 aliphatic carbocycles. The Labute approximate surface area is 94.8 Å². The maximum atomic E-state index is 5.60. The second-order valence-corrected chi connectivity index (χ2v) is 4.88. The number of methoxy groups -OCH3 is 1. The lowest BCUT2D eigenvalue weighted by molar-refractivity contribution is 0.0593. The summed E-state index contributed by atoms with van der Waals surface area (Å²) in [5, 5.41) is 3.74. The van der Waals surface area contributed by atoms with Gasteiger partial charge in [-0.15, -0.1) is 0 Å². The molecule has 0 aromatic carbocycles.